The molecule has 2 heterocycles. The summed E-state index contributed by atoms with van der Waals surface area (Å²) < 4.78 is 6.92. The highest BCUT2D eigenvalue weighted by Crippen LogP contribution is 1.99. The van der Waals surface area contributed by atoms with Crippen molar-refractivity contribution in [3.8, 4) is 0 Å². The van der Waals surface area contributed by atoms with Crippen molar-refractivity contribution in [2.24, 2.45) is 0 Å². The molecule has 0 spiro atoms. The summed E-state index contributed by atoms with van der Waals surface area (Å²) in [5.41, 5.74) is 0.000920. The monoisotopic (exact) mass is 282 g/mol. The van der Waals surface area contributed by atoms with Crippen molar-refractivity contribution in [3.05, 3.63) is 18.2 Å². The number of aromatic nitrogens is 2. The smallest absolute Gasteiger partial charge is 0.356 e. The van der Waals surface area contributed by atoms with Crippen LogP contribution in [0.15, 0.2) is 12.5 Å². The molecule has 2 rings (SSSR count). The fraction of sp³-hybridized carbons (Fsp3) is 0.583. The summed E-state index contributed by atoms with van der Waals surface area (Å²) in [6.45, 7) is 3.45. The largest absolute Gasteiger partial charge is 0.476 e. The number of nitrogens with one attached hydrogen (secondary N) is 1. The standard InChI is InChI=1S/C12H18N4O4/c17-11(18)10-8-15(9-14-10)4-2-13-12(19)16-3-1-6-20-7-5-16/h8-9H,1-7H2,(H,13,19)(H,17,18). The molecule has 0 radical (unpaired) electrons. The number of carboxylic acid groups (broad SMARTS) is 1. The zero-order valence-electron chi connectivity index (χ0n) is 11.1. The van der Waals surface area contributed by atoms with E-state index in [9.17, 15) is 9.59 Å². The molecule has 2 amide bonds. The van der Waals surface area contributed by atoms with E-state index in [4.69, 9.17) is 9.84 Å². The Morgan fingerprint density at radius 1 is 1.40 bits per heavy atom. The van der Waals surface area contributed by atoms with E-state index in [0.29, 0.717) is 39.4 Å². The molecule has 0 bridgehead atoms. The highest BCUT2D eigenvalue weighted by atomic mass is 16.5. The minimum atomic E-state index is -1.06. The predicted octanol–water partition coefficient (Wildman–Crippen LogP) is 0.0132. The van der Waals surface area contributed by atoms with E-state index >= 15 is 0 Å². The molecule has 1 saturated heterocycles. The summed E-state index contributed by atoms with van der Waals surface area (Å²) in [6.07, 6.45) is 3.72. The average molecular weight is 282 g/mol. The van der Waals surface area contributed by atoms with E-state index in [1.807, 2.05) is 0 Å². The SMILES string of the molecule is O=C(O)c1cn(CCNC(=O)N2CCCOCC2)cn1. The number of aromatic carboxylic acids is 1. The Morgan fingerprint density at radius 3 is 3.00 bits per heavy atom. The van der Waals surface area contributed by atoms with Gasteiger partial charge in [0.05, 0.1) is 12.9 Å². The van der Waals surface area contributed by atoms with Crippen molar-refractivity contribution in [1.82, 2.24) is 19.8 Å². The first-order valence-electron chi connectivity index (χ1n) is 6.52. The first-order valence-corrected chi connectivity index (χ1v) is 6.52. The number of hydrogen-bond donors (Lipinski definition) is 2. The number of carbonyl (C=O) groups is 2. The third-order valence-electron chi connectivity index (χ3n) is 3.01. The van der Waals surface area contributed by atoms with Crippen LogP contribution in [-0.4, -0.2) is 64.4 Å². The van der Waals surface area contributed by atoms with Crippen LogP contribution in [0.4, 0.5) is 4.79 Å². The molecule has 1 aromatic heterocycles. The third-order valence-corrected chi connectivity index (χ3v) is 3.01. The number of carbonyl (C=O) groups excluding carboxylic acids is 1. The maximum atomic E-state index is 11.9. The minimum Gasteiger partial charge on any atom is -0.476 e. The Kier molecular flexibility index (Phi) is 4.94. The van der Waals surface area contributed by atoms with Crippen molar-refractivity contribution in [2.75, 3.05) is 32.8 Å². The molecule has 1 aromatic rings. The Morgan fingerprint density at radius 2 is 2.25 bits per heavy atom. The van der Waals surface area contributed by atoms with Gasteiger partial charge in [-0.1, -0.05) is 0 Å². The third kappa shape index (κ3) is 3.95. The second kappa shape index (κ2) is 6.90. The van der Waals surface area contributed by atoms with Gasteiger partial charge in [-0.25, -0.2) is 14.6 Å². The Bertz CT molecular complexity index is 466. The molecule has 0 saturated carbocycles. The lowest BCUT2D eigenvalue weighted by Crippen LogP contribution is -2.42. The van der Waals surface area contributed by atoms with Gasteiger partial charge in [0.2, 0.25) is 0 Å². The van der Waals surface area contributed by atoms with Gasteiger partial charge < -0.3 is 24.6 Å². The first-order chi connectivity index (χ1) is 9.66. The zero-order valence-corrected chi connectivity index (χ0v) is 11.1. The molecule has 1 aliphatic rings. The molecule has 0 aliphatic carbocycles. The Balaban J connectivity index is 1.74. The number of ether oxygens (including phenoxy) is 1. The van der Waals surface area contributed by atoms with Crippen LogP contribution < -0.4 is 5.32 Å². The van der Waals surface area contributed by atoms with E-state index in [-0.39, 0.29) is 11.7 Å². The van der Waals surface area contributed by atoms with E-state index in [0.717, 1.165) is 6.42 Å². The van der Waals surface area contributed by atoms with Crippen LogP contribution in [0.1, 0.15) is 16.9 Å². The maximum Gasteiger partial charge on any atom is 0.356 e. The number of carboxylic acids is 1. The molecule has 1 fully saturated rings. The minimum absolute atomic E-state index is 0.000920. The lowest BCUT2D eigenvalue weighted by atomic mass is 10.4. The van der Waals surface area contributed by atoms with Gasteiger partial charge in [-0.3, -0.25) is 0 Å². The van der Waals surface area contributed by atoms with Crippen LogP contribution in [0, 0.1) is 0 Å². The van der Waals surface area contributed by atoms with Crippen LogP contribution >= 0.6 is 0 Å². The van der Waals surface area contributed by atoms with Crippen LogP contribution in [0.25, 0.3) is 0 Å². The Hall–Kier alpha value is -2.09. The summed E-state index contributed by atoms with van der Waals surface area (Å²) in [7, 11) is 0. The van der Waals surface area contributed by atoms with Crippen LogP contribution in [0.2, 0.25) is 0 Å². The van der Waals surface area contributed by atoms with E-state index in [1.165, 1.54) is 12.5 Å². The molecular weight excluding hydrogens is 264 g/mol. The van der Waals surface area contributed by atoms with Gasteiger partial charge in [0.15, 0.2) is 5.69 Å². The molecule has 20 heavy (non-hydrogen) atoms. The van der Waals surface area contributed by atoms with Crippen LogP contribution in [0.5, 0.6) is 0 Å². The maximum absolute atomic E-state index is 11.9. The van der Waals surface area contributed by atoms with E-state index in [2.05, 4.69) is 10.3 Å². The van der Waals surface area contributed by atoms with Crippen molar-refractivity contribution >= 4 is 12.0 Å². The van der Waals surface area contributed by atoms with Gasteiger partial charge in [-0.2, -0.15) is 0 Å². The number of hydrogen-bond acceptors (Lipinski definition) is 4. The van der Waals surface area contributed by atoms with Gasteiger partial charge in [0.25, 0.3) is 0 Å². The van der Waals surface area contributed by atoms with E-state index in [1.54, 1.807) is 9.47 Å². The van der Waals surface area contributed by atoms with Crippen molar-refractivity contribution in [2.45, 2.75) is 13.0 Å². The fourth-order valence-electron chi connectivity index (χ4n) is 1.95. The van der Waals surface area contributed by atoms with E-state index < -0.39 is 5.97 Å². The molecule has 0 aromatic carbocycles. The van der Waals surface area contributed by atoms with Crippen LogP contribution in [-0.2, 0) is 11.3 Å². The van der Waals surface area contributed by atoms with Crippen molar-refractivity contribution in [1.29, 1.82) is 0 Å². The molecule has 8 heteroatoms. The molecular formula is C12H18N4O4. The summed E-state index contributed by atoms with van der Waals surface area (Å²) in [5.74, 6) is -1.06. The number of amides is 2. The Labute approximate surface area is 116 Å². The second-order valence-corrected chi connectivity index (χ2v) is 4.49. The van der Waals surface area contributed by atoms with Crippen molar-refractivity contribution in [3.63, 3.8) is 0 Å². The fourth-order valence-corrected chi connectivity index (χ4v) is 1.95. The molecule has 0 unspecified atom stereocenters. The highest BCUT2D eigenvalue weighted by molar-refractivity contribution is 5.84. The number of nitrogens with zero attached hydrogens (tertiary/aromatic N) is 3. The van der Waals surface area contributed by atoms with Gasteiger partial charge in [-0.15, -0.1) is 0 Å². The van der Waals surface area contributed by atoms with Crippen molar-refractivity contribution < 1.29 is 19.4 Å². The van der Waals surface area contributed by atoms with Gasteiger partial charge >= 0.3 is 12.0 Å². The summed E-state index contributed by atoms with van der Waals surface area (Å²) >= 11 is 0. The zero-order chi connectivity index (χ0) is 14.4. The number of urea groups is 1. The molecule has 0 atom stereocenters. The molecule has 110 valence electrons. The van der Waals surface area contributed by atoms with Gasteiger partial charge in [0, 0.05) is 39.0 Å². The first kappa shape index (κ1) is 14.3. The molecule has 2 N–H and O–H groups in total. The van der Waals surface area contributed by atoms with Gasteiger partial charge in [0.1, 0.15) is 0 Å². The van der Waals surface area contributed by atoms with Crippen LogP contribution in [0.3, 0.4) is 0 Å². The highest BCUT2D eigenvalue weighted by Gasteiger charge is 2.14. The molecule has 8 nitrogen and oxygen atoms in total. The average Bonchev–Trinajstić information content (AvgIpc) is 2.73. The van der Waals surface area contributed by atoms with Gasteiger partial charge in [-0.05, 0) is 6.42 Å². The summed E-state index contributed by atoms with van der Waals surface area (Å²) in [5, 5.41) is 11.5. The number of rotatable bonds is 4. The predicted molar refractivity (Wildman–Crippen MR) is 69.6 cm³/mol. The number of imidazole rings is 1. The second-order valence-electron chi connectivity index (χ2n) is 4.49. The quantitative estimate of drug-likeness (QED) is 0.811. The normalized spacial score (nSPS) is 15.7. The molecule has 1 aliphatic heterocycles. The lowest BCUT2D eigenvalue weighted by molar-refractivity contribution is 0.0691. The summed E-state index contributed by atoms with van der Waals surface area (Å²) in [6, 6.07) is -0.117. The topological polar surface area (TPSA) is 96.7 Å². The summed E-state index contributed by atoms with van der Waals surface area (Å²) in [4.78, 5) is 28.0. The lowest BCUT2D eigenvalue weighted by Gasteiger charge is -2.20.